The summed E-state index contributed by atoms with van der Waals surface area (Å²) in [6.45, 7) is 2.75. The van der Waals surface area contributed by atoms with Crippen LogP contribution in [0.3, 0.4) is 0 Å². The van der Waals surface area contributed by atoms with Crippen molar-refractivity contribution in [2.75, 3.05) is 19.0 Å². The van der Waals surface area contributed by atoms with Crippen molar-refractivity contribution >= 4 is 17.5 Å². The van der Waals surface area contributed by atoms with Crippen molar-refractivity contribution in [3.8, 4) is 0 Å². The summed E-state index contributed by atoms with van der Waals surface area (Å²) in [5.41, 5.74) is 1.39. The summed E-state index contributed by atoms with van der Waals surface area (Å²) in [6, 6.07) is 12.1. The van der Waals surface area contributed by atoms with Gasteiger partial charge in [-0.1, -0.05) is 30.3 Å². The number of benzene rings is 1. The van der Waals surface area contributed by atoms with E-state index in [1.54, 1.807) is 0 Å². The molecule has 1 saturated carbocycles. The molecule has 114 valence electrons. The van der Waals surface area contributed by atoms with Crippen molar-refractivity contribution in [2.45, 2.75) is 44.3 Å². The highest BCUT2D eigenvalue weighted by molar-refractivity contribution is 6.27. The van der Waals surface area contributed by atoms with Gasteiger partial charge in [-0.2, -0.15) is 0 Å². The molecule has 1 aromatic rings. The third-order valence-electron chi connectivity index (χ3n) is 4.62. The first-order valence-electron chi connectivity index (χ1n) is 7.91. The lowest BCUT2D eigenvalue weighted by Gasteiger charge is -2.38. The number of carbonyl (C=O) groups excluding carboxylic acids is 1. The molecule has 0 radical (unpaired) electrons. The van der Waals surface area contributed by atoms with Crippen LogP contribution in [0.4, 0.5) is 0 Å². The number of nitrogens with zero attached hydrogens (tertiary/aromatic N) is 2. The fraction of sp³-hybridized carbons (Fsp3) is 0.588. The predicted molar refractivity (Wildman–Crippen MR) is 85.3 cm³/mol. The van der Waals surface area contributed by atoms with Crippen LogP contribution in [0.25, 0.3) is 0 Å². The lowest BCUT2D eigenvalue weighted by molar-refractivity contribution is -0.130. The van der Waals surface area contributed by atoms with Crippen LogP contribution in [0.5, 0.6) is 0 Å². The highest BCUT2D eigenvalue weighted by Gasteiger charge is 2.35. The van der Waals surface area contributed by atoms with Crippen molar-refractivity contribution in [2.24, 2.45) is 0 Å². The van der Waals surface area contributed by atoms with Gasteiger partial charge in [0.2, 0.25) is 5.91 Å². The van der Waals surface area contributed by atoms with Crippen molar-refractivity contribution in [1.29, 1.82) is 0 Å². The van der Waals surface area contributed by atoms with Crippen molar-refractivity contribution in [1.82, 2.24) is 9.80 Å². The highest BCUT2D eigenvalue weighted by atomic mass is 35.5. The normalized spacial score (nSPS) is 20.0. The number of halogens is 1. The largest absolute Gasteiger partial charge is 0.342 e. The molecule has 2 aliphatic rings. The minimum atomic E-state index is 0.0798. The van der Waals surface area contributed by atoms with E-state index < -0.39 is 0 Å². The second-order valence-electron chi connectivity index (χ2n) is 6.13. The molecule has 3 nitrogen and oxygen atoms in total. The van der Waals surface area contributed by atoms with E-state index in [9.17, 15) is 4.79 Å². The second-order valence-corrected chi connectivity index (χ2v) is 6.40. The molecule has 1 aromatic carbocycles. The van der Waals surface area contributed by atoms with Crippen molar-refractivity contribution in [3.05, 3.63) is 35.9 Å². The van der Waals surface area contributed by atoms with E-state index >= 15 is 0 Å². The Balaban J connectivity index is 1.60. The summed E-state index contributed by atoms with van der Waals surface area (Å²) in [7, 11) is 0. The monoisotopic (exact) mass is 306 g/mol. The maximum Gasteiger partial charge on any atom is 0.237 e. The summed E-state index contributed by atoms with van der Waals surface area (Å²) in [4.78, 5) is 16.2. The van der Waals surface area contributed by atoms with Crippen molar-refractivity contribution < 1.29 is 4.79 Å². The SMILES string of the molecule is O=C(CCl)N1CCC(N(Cc2ccccc2)C2CC2)CC1. The molecule has 4 heteroatoms. The number of likely N-dealkylation sites (tertiary alicyclic amines) is 1. The maximum atomic E-state index is 11.7. The van der Waals surface area contributed by atoms with E-state index in [1.807, 2.05) is 4.90 Å². The lowest BCUT2D eigenvalue weighted by atomic mass is 10.0. The quantitative estimate of drug-likeness (QED) is 0.781. The Labute approximate surface area is 131 Å². The van der Waals surface area contributed by atoms with Crippen LogP contribution in [0.1, 0.15) is 31.2 Å². The Kier molecular flexibility index (Phi) is 4.81. The molecule has 0 bridgehead atoms. The molecule has 0 unspecified atom stereocenters. The fourth-order valence-corrected chi connectivity index (χ4v) is 3.46. The number of hydrogen-bond donors (Lipinski definition) is 0. The van der Waals surface area contributed by atoms with Gasteiger partial charge in [0.15, 0.2) is 0 Å². The third-order valence-corrected chi connectivity index (χ3v) is 4.85. The van der Waals surface area contributed by atoms with Crippen LogP contribution in [0.15, 0.2) is 30.3 Å². The lowest BCUT2D eigenvalue weighted by Crippen LogP contribution is -2.47. The molecule has 1 amide bonds. The van der Waals surface area contributed by atoms with Gasteiger partial charge < -0.3 is 4.90 Å². The second kappa shape index (κ2) is 6.80. The predicted octanol–water partition coefficient (Wildman–Crippen LogP) is 2.88. The van der Waals surface area contributed by atoms with Gasteiger partial charge in [0.25, 0.3) is 0 Å². The molecule has 1 saturated heterocycles. The molecular weight excluding hydrogens is 284 g/mol. The first-order chi connectivity index (χ1) is 10.3. The van der Waals surface area contributed by atoms with E-state index in [2.05, 4.69) is 35.2 Å². The van der Waals surface area contributed by atoms with Crippen LogP contribution in [0, 0.1) is 0 Å². The molecule has 0 N–H and O–H groups in total. The van der Waals surface area contributed by atoms with Gasteiger partial charge >= 0.3 is 0 Å². The number of carbonyl (C=O) groups is 1. The minimum absolute atomic E-state index is 0.0798. The van der Waals surface area contributed by atoms with Gasteiger partial charge in [0.1, 0.15) is 5.88 Å². The Morgan fingerprint density at radius 3 is 2.29 bits per heavy atom. The summed E-state index contributed by atoms with van der Waals surface area (Å²) in [6.07, 6.45) is 4.80. The average Bonchev–Trinajstić information content (AvgIpc) is 3.38. The zero-order valence-corrected chi connectivity index (χ0v) is 13.1. The van der Waals surface area contributed by atoms with Crippen LogP contribution in [-0.4, -0.2) is 46.8 Å². The van der Waals surface area contributed by atoms with Crippen LogP contribution in [0.2, 0.25) is 0 Å². The van der Waals surface area contributed by atoms with Crippen LogP contribution in [-0.2, 0) is 11.3 Å². The summed E-state index contributed by atoms with van der Waals surface area (Å²) in [5, 5.41) is 0. The minimum Gasteiger partial charge on any atom is -0.342 e. The van der Waals surface area contributed by atoms with Gasteiger partial charge in [0, 0.05) is 31.7 Å². The summed E-state index contributed by atoms with van der Waals surface area (Å²) >= 11 is 5.65. The molecule has 21 heavy (non-hydrogen) atoms. The molecule has 1 aliphatic carbocycles. The molecule has 0 atom stereocenters. The standard InChI is InChI=1S/C17H23ClN2O/c18-12-17(21)19-10-8-16(9-11-19)20(15-6-7-15)13-14-4-2-1-3-5-14/h1-5,15-16H,6-13H2. The number of alkyl halides is 1. The number of piperidine rings is 1. The molecule has 3 rings (SSSR count). The zero-order chi connectivity index (χ0) is 14.7. The van der Waals surface area contributed by atoms with Crippen LogP contribution >= 0.6 is 11.6 Å². The molecule has 1 aliphatic heterocycles. The van der Waals surface area contributed by atoms with Gasteiger partial charge in [0.05, 0.1) is 0 Å². The van der Waals surface area contributed by atoms with Crippen LogP contribution < -0.4 is 0 Å². The Hall–Kier alpha value is -1.06. The van der Waals surface area contributed by atoms with E-state index in [0.717, 1.165) is 38.5 Å². The molecule has 1 heterocycles. The van der Waals surface area contributed by atoms with E-state index in [-0.39, 0.29) is 11.8 Å². The van der Waals surface area contributed by atoms with E-state index in [0.29, 0.717) is 6.04 Å². The molecule has 0 aromatic heterocycles. The zero-order valence-electron chi connectivity index (χ0n) is 12.4. The number of amides is 1. The first kappa shape index (κ1) is 14.9. The number of rotatable bonds is 5. The summed E-state index contributed by atoms with van der Waals surface area (Å²) < 4.78 is 0. The fourth-order valence-electron chi connectivity index (χ4n) is 3.29. The Morgan fingerprint density at radius 2 is 1.71 bits per heavy atom. The topological polar surface area (TPSA) is 23.6 Å². The Morgan fingerprint density at radius 1 is 1.10 bits per heavy atom. The molecule has 0 spiro atoms. The Bertz CT molecular complexity index is 467. The van der Waals surface area contributed by atoms with Gasteiger partial charge in [-0.25, -0.2) is 0 Å². The number of hydrogen-bond acceptors (Lipinski definition) is 2. The molecule has 2 fully saturated rings. The molecular formula is C17H23ClN2O. The smallest absolute Gasteiger partial charge is 0.237 e. The highest BCUT2D eigenvalue weighted by Crippen LogP contribution is 2.33. The van der Waals surface area contributed by atoms with E-state index in [1.165, 1.54) is 18.4 Å². The average molecular weight is 307 g/mol. The van der Waals surface area contributed by atoms with Gasteiger partial charge in [-0.3, -0.25) is 9.69 Å². The first-order valence-corrected chi connectivity index (χ1v) is 8.45. The van der Waals surface area contributed by atoms with Crippen molar-refractivity contribution in [3.63, 3.8) is 0 Å². The van der Waals surface area contributed by atoms with Gasteiger partial charge in [-0.15, -0.1) is 11.6 Å². The maximum absolute atomic E-state index is 11.7. The summed E-state index contributed by atoms with van der Waals surface area (Å²) in [5.74, 6) is 0.192. The van der Waals surface area contributed by atoms with E-state index in [4.69, 9.17) is 11.6 Å². The third kappa shape index (κ3) is 3.78. The van der Waals surface area contributed by atoms with Gasteiger partial charge in [-0.05, 0) is 31.2 Å².